The second-order valence-electron chi connectivity index (χ2n) is 9.60. The number of nitrogens with zero attached hydrogens (tertiary/aromatic N) is 1. The summed E-state index contributed by atoms with van der Waals surface area (Å²) in [6.07, 6.45) is 2.27. The number of benzene rings is 3. The van der Waals surface area contributed by atoms with Crippen LogP contribution in [0.25, 0.3) is 0 Å². The number of carbonyl (C=O) groups is 2. The molecule has 38 heavy (non-hydrogen) atoms. The summed E-state index contributed by atoms with van der Waals surface area (Å²) in [5, 5.41) is 4.05. The van der Waals surface area contributed by atoms with E-state index in [1.165, 1.54) is 16.7 Å². The highest BCUT2D eigenvalue weighted by Crippen LogP contribution is 2.25. The summed E-state index contributed by atoms with van der Waals surface area (Å²) >= 11 is 14.2. The van der Waals surface area contributed by atoms with Crippen LogP contribution in [0.3, 0.4) is 0 Å². The van der Waals surface area contributed by atoms with Gasteiger partial charge in [-0.1, -0.05) is 102 Å². The van der Waals surface area contributed by atoms with Crippen molar-refractivity contribution in [2.24, 2.45) is 0 Å². The van der Waals surface area contributed by atoms with E-state index in [4.69, 9.17) is 23.2 Å². The molecule has 0 aliphatic rings. The van der Waals surface area contributed by atoms with E-state index in [-0.39, 0.29) is 24.1 Å². The Morgan fingerprint density at radius 1 is 0.947 bits per heavy atom. The van der Waals surface area contributed by atoms with Crippen LogP contribution in [0, 0.1) is 13.8 Å². The van der Waals surface area contributed by atoms with Gasteiger partial charge < -0.3 is 10.2 Å². The minimum atomic E-state index is -0.671. The van der Waals surface area contributed by atoms with Crippen LogP contribution >= 0.6 is 35.0 Å². The fraction of sp³-hybridized carbons (Fsp3) is 0.355. The number of amides is 2. The number of thioether (sulfide) groups is 1. The molecule has 0 heterocycles. The Labute approximate surface area is 241 Å². The predicted molar refractivity (Wildman–Crippen MR) is 161 cm³/mol. The number of nitrogens with one attached hydrogen (secondary N) is 1. The van der Waals surface area contributed by atoms with E-state index in [1.54, 1.807) is 28.8 Å². The Balaban J connectivity index is 1.86. The van der Waals surface area contributed by atoms with Gasteiger partial charge in [-0.05, 0) is 49.1 Å². The van der Waals surface area contributed by atoms with Gasteiger partial charge in [0.05, 0.1) is 5.75 Å². The molecule has 0 aliphatic heterocycles. The second kappa shape index (κ2) is 15.2. The van der Waals surface area contributed by atoms with Crippen molar-refractivity contribution in [2.45, 2.75) is 58.4 Å². The molecular formula is C31H36Cl2N2O2S. The van der Waals surface area contributed by atoms with E-state index < -0.39 is 6.04 Å². The average Bonchev–Trinajstić information content (AvgIpc) is 2.87. The van der Waals surface area contributed by atoms with Gasteiger partial charge in [0.25, 0.3) is 0 Å². The van der Waals surface area contributed by atoms with Crippen LogP contribution in [0.4, 0.5) is 0 Å². The lowest BCUT2D eigenvalue weighted by Gasteiger charge is -2.32. The first-order valence-electron chi connectivity index (χ1n) is 13.0. The summed E-state index contributed by atoms with van der Waals surface area (Å²) in [5.74, 6) is 0.721. The van der Waals surface area contributed by atoms with E-state index in [2.05, 4.69) is 44.3 Å². The molecule has 3 aromatic carbocycles. The Morgan fingerprint density at radius 2 is 1.66 bits per heavy atom. The van der Waals surface area contributed by atoms with E-state index in [0.717, 1.165) is 29.7 Å². The van der Waals surface area contributed by atoms with Crippen LogP contribution in [0.1, 0.15) is 47.6 Å². The third-order valence-electron chi connectivity index (χ3n) is 6.23. The van der Waals surface area contributed by atoms with Gasteiger partial charge in [0.2, 0.25) is 11.8 Å². The fourth-order valence-electron chi connectivity index (χ4n) is 4.38. The smallest absolute Gasteiger partial charge is 0.243 e. The minimum Gasteiger partial charge on any atom is -0.354 e. The zero-order valence-electron chi connectivity index (χ0n) is 22.3. The quantitative estimate of drug-likeness (QED) is 0.218. The SMILES string of the molecule is CCCCNC(=O)[C@H](Cc1ccccc1)N(Cc1ccc(Cl)cc1Cl)C(=O)CSCc1cc(C)cc(C)c1. The van der Waals surface area contributed by atoms with Crippen LogP contribution in [-0.2, 0) is 28.3 Å². The van der Waals surface area contributed by atoms with Crippen molar-refractivity contribution in [1.29, 1.82) is 0 Å². The maximum Gasteiger partial charge on any atom is 0.243 e. The Morgan fingerprint density at radius 3 is 2.32 bits per heavy atom. The van der Waals surface area contributed by atoms with E-state index in [0.29, 0.717) is 23.0 Å². The molecule has 0 saturated carbocycles. The van der Waals surface area contributed by atoms with Gasteiger partial charge in [-0.25, -0.2) is 0 Å². The van der Waals surface area contributed by atoms with Crippen molar-refractivity contribution < 1.29 is 9.59 Å². The molecule has 202 valence electrons. The first kappa shape index (κ1) is 30.1. The zero-order valence-corrected chi connectivity index (χ0v) is 24.6. The number of rotatable bonds is 13. The van der Waals surface area contributed by atoms with Crippen molar-refractivity contribution in [2.75, 3.05) is 12.3 Å². The normalized spacial score (nSPS) is 11.7. The van der Waals surface area contributed by atoms with Gasteiger partial charge in [0.1, 0.15) is 6.04 Å². The van der Waals surface area contributed by atoms with E-state index in [1.807, 2.05) is 36.4 Å². The molecule has 0 aliphatic carbocycles. The molecule has 7 heteroatoms. The number of aryl methyl sites for hydroxylation is 2. The van der Waals surface area contributed by atoms with Gasteiger partial charge in [-0.15, -0.1) is 11.8 Å². The largest absolute Gasteiger partial charge is 0.354 e. The summed E-state index contributed by atoms with van der Waals surface area (Å²) in [5.41, 5.74) is 5.34. The number of hydrogen-bond acceptors (Lipinski definition) is 3. The van der Waals surface area contributed by atoms with Crippen molar-refractivity contribution in [3.8, 4) is 0 Å². The third kappa shape index (κ3) is 9.37. The van der Waals surface area contributed by atoms with Gasteiger partial charge in [0, 0.05) is 35.3 Å². The highest BCUT2D eigenvalue weighted by Gasteiger charge is 2.30. The summed E-state index contributed by atoms with van der Waals surface area (Å²) < 4.78 is 0. The first-order valence-corrected chi connectivity index (χ1v) is 14.9. The van der Waals surface area contributed by atoms with Crippen molar-refractivity contribution in [3.63, 3.8) is 0 Å². The lowest BCUT2D eigenvalue weighted by molar-refractivity contribution is -0.139. The molecule has 0 aromatic heterocycles. The summed E-state index contributed by atoms with van der Waals surface area (Å²) in [6.45, 7) is 7.03. The maximum atomic E-state index is 13.8. The average molecular weight is 572 g/mol. The maximum absolute atomic E-state index is 13.8. The highest BCUT2D eigenvalue weighted by atomic mass is 35.5. The summed E-state index contributed by atoms with van der Waals surface area (Å²) in [6, 6.07) is 20.8. The lowest BCUT2D eigenvalue weighted by atomic mass is 10.0. The minimum absolute atomic E-state index is 0.100. The van der Waals surface area contributed by atoms with E-state index in [9.17, 15) is 9.59 Å². The van der Waals surface area contributed by atoms with Gasteiger partial charge in [-0.2, -0.15) is 0 Å². The third-order valence-corrected chi connectivity index (χ3v) is 7.81. The lowest BCUT2D eigenvalue weighted by Crippen LogP contribution is -2.51. The summed E-state index contributed by atoms with van der Waals surface area (Å²) in [7, 11) is 0. The molecule has 0 saturated heterocycles. The van der Waals surface area contributed by atoms with Crippen LogP contribution in [0.2, 0.25) is 10.0 Å². The standard InChI is InChI=1S/C31H36Cl2N2O2S/c1-4-5-13-34-31(37)29(17-24-9-7-6-8-10-24)35(19-26-11-12-27(32)18-28(26)33)30(36)21-38-20-25-15-22(2)14-23(3)16-25/h6-12,14-16,18,29H,4-5,13,17,19-21H2,1-3H3,(H,34,37)/t29-/m0/s1. The molecule has 0 fully saturated rings. The molecular weight excluding hydrogens is 535 g/mol. The molecule has 0 unspecified atom stereocenters. The van der Waals surface area contributed by atoms with Gasteiger partial charge in [-0.3, -0.25) is 9.59 Å². The van der Waals surface area contributed by atoms with Crippen molar-refractivity contribution in [1.82, 2.24) is 10.2 Å². The fourth-order valence-corrected chi connectivity index (χ4v) is 5.70. The van der Waals surface area contributed by atoms with Gasteiger partial charge >= 0.3 is 0 Å². The highest BCUT2D eigenvalue weighted by molar-refractivity contribution is 7.99. The molecule has 0 radical (unpaired) electrons. The molecule has 4 nitrogen and oxygen atoms in total. The predicted octanol–water partition coefficient (Wildman–Crippen LogP) is 7.40. The number of hydrogen-bond donors (Lipinski definition) is 1. The summed E-state index contributed by atoms with van der Waals surface area (Å²) in [4.78, 5) is 29.0. The molecule has 1 N–H and O–H groups in total. The number of carbonyl (C=O) groups excluding carboxylic acids is 2. The molecule has 2 amide bonds. The second-order valence-corrected chi connectivity index (χ2v) is 11.4. The molecule has 3 rings (SSSR count). The Kier molecular flexibility index (Phi) is 12.0. The van der Waals surface area contributed by atoms with Crippen LogP contribution in [0.15, 0.2) is 66.7 Å². The Hall–Kier alpha value is -2.47. The van der Waals surface area contributed by atoms with Crippen molar-refractivity contribution >= 4 is 46.8 Å². The number of halogens is 2. The van der Waals surface area contributed by atoms with Crippen LogP contribution in [-0.4, -0.2) is 35.1 Å². The van der Waals surface area contributed by atoms with Crippen LogP contribution < -0.4 is 5.32 Å². The molecule has 0 spiro atoms. The number of unbranched alkanes of at least 4 members (excludes halogenated alkanes) is 1. The first-order chi connectivity index (χ1) is 18.3. The van der Waals surface area contributed by atoms with Crippen LogP contribution in [0.5, 0.6) is 0 Å². The molecule has 0 bridgehead atoms. The van der Waals surface area contributed by atoms with E-state index >= 15 is 0 Å². The molecule has 1 atom stereocenters. The van der Waals surface area contributed by atoms with Gasteiger partial charge in [0.15, 0.2) is 0 Å². The van der Waals surface area contributed by atoms with Crippen molar-refractivity contribution in [3.05, 3.63) is 105 Å². The topological polar surface area (TPSA) is 49.4 Å². The molecule has 3 aromatic rings. The zero-order chi connectivity index (χ0) is 27.5. The Bertz CT molecular complexity index is 1200. The monoisotopic (exact) mass is 570 g/mol.